The van der Waals surface area contributed by atoms with E-state index >= 15 is 0 Å². The number of rotatable bonds is 8. The van der Waals surface area contributed by atoms with Crippen molar-refractivity contribution in [2.75, 3.05) is 7.11 Å². The summed E-state index contributed by atoms with van der Waals surface area (Å²) in [6.07, 6.45) is 4.70. The molecule has 2 aromatic carbocycles. The third-order valence-electron chi connectivity index (χ3n) is 4.34. The molecule has 2 rings (SSSR count). The average molecular weight is 310 g/mol. The number of ether oxygens (including phenoxy) is 1. The van der Waals surface area contributed by atoms with Crippen molar-refractivity contribution in [2.45, 2.75) is 46.5 Å². The zero-order valence-electron chi connectivity index (χ0n) is 15.0. The number of aryl methyl sites for hydroxylation is 1. The van der Waals surface area contributed by atoms with E-state index in [1.54, 1.807) is 7.11 Å². The maximum atomic E-state index is 5.21. The molecule has 1 unspecified atom stereocenters. The van der Waals surface area contributed by atoms with Crippen LogP contribution >= 0.6 is 0 Å². The molecule has 1 atom stereocenters. The first-order chi connectivity index (χ1) is 11.1. The van der Waals surface area contributed by atoms with Gasteiger partial charge in [0.2, 0.25) is 0 Å². The molecular formula is C22H30O. The summed E-state index contributed by atoms with van der Waals surface area (Å²) in [7, 11) is 1.71. The van der Waals surface area contributed by atoms with Crippen LogP contribution in [-0.2, 0) is 19.3 Å². The van der Waals surface area contributed by atoms with Crippen molar-refractivity contribution < 1.29 is 4.74 Å². The predicted octanol–water partition coefficient (Wildman–Crippen LogP) is 5.71. The largest absolute Gasteiger partial charge is 0.497 e. The molecule has 23 heavy (non-hydrogen) atoms. The molecule has 0 aromatic heterocycles. The Hall–Kier alpha value is -1.76. The highest BCUT2D eigenvalue weighted by Crippen LogP contribution is 2.18. The van der Waals surface area contributed by atoms with Gasteiger partial charge in [-0.25, -0.2) is 0 Å². The van der Waals surface area contributed by atoms with Gasteiger partial charge in [0.25, 0.3) is 0 Å². The van der Waals surface area contributed by atoms with E-state index in [2.05, 4.69) is 57.2 Å². The van der Waals surface area contributed by atoms with Gasteiger partial charge < -0.3 is 4.74 Å². The van der Waals surface area contributed by atoms with Gasteiger partial charge in [0, 0.05) is 0 Å². The summed E-state index contributed by atoms with van der Waals surface area (Å²) in [5.74, 6) is 2.36. The van der Waals surface area contributed by atoms with Crippen LogP contribution < -0.4 is 4.74 Å². The first-order valence-corrected chi connectivity index (χ1v) is 8.77. The Morgan fingerprint density at radius 3 is 1.78 bits per heavy atom. The van der Waals surface area contributed by atoms with E-state index in [0.717, 1.165) is 24.5 Å². The Balaban J connectivity index is 1.80. The quantitative estimate of drug-likeness (QED) is 0.607. The summed E-state index contributed by atoms with van der Waals surface area (Å²) in [4.78, 5) is 0. The maximum absolute atomic E-state index is 5.21. The van der Waals surface area contributed by atoms with Crippen molar-refractivity contribution in [3.8, 4) is 5.75 Å². The van der Waals surface area contributed by atoms with Crippen molar-refractivity contribution in [1.29, 1.82) is 0 Å². The number of benzene rings is 2. The molecule has 0 spiro atoms. The normalized spacial score (nSPS) is 12.4. The van der Waals surface area contributed by atoms with Crippen LogP contribution in [0.3, 0.4) is 0 Å². The van der Waals surface area contributed by atoms with Crippen molar-refractivity contribution >= 4 is 0 Å². The minimum Gasteiger partial charge on any atom is -0.497 e. The molecule has 0 fully saturated rings. The van der Waals surface area contributed by atoms with Gasteiger partial charge in [-0.2, -0.15) is 0 Å². The first-order valence-electron chi connectivity index (χ1n) is 8.77. The molecule has 0 radical (unpaired) electrons. The highest BCUT2D eigenvalue weighted by molar-refractivity contribution is 5.27. The van der Waals surface area contributed by atoms with Crippen LogP contribution in [0.25, 0.3) is 0 Å². The van der Waals surface area contributed by atoms with Crippen molar-refractivity contribution in [3.63, 3.8) is 0 Å². The van der Waals surface area contributed by atoms with Crippen LogP contribution in [-0.4, -0.2) is 7.11 Å². The molecule has 0 N–H and O–H groups in total. The Morgan fingerprint density at radius 1 is 0.739 bits per heavy atom. The summed E-state index contributed by atoms with van der Waals surface area (Å²) in [5, 5.41) is 0. The fourth-order valence-electron chi connectivity index (χ4n) is 2.99. The van der Waals surface area contributed by atoms with Crippen LogP contribution in [0, 0.1) is 11.8 Å². The first kappa shape index (κ1) is 17.6. The van der Waals surface area contributed by atoms with E-state index in [0.29, 0.717) is 5.92 Å². The summed E-state index contributed by atoms with van der Waals surface area (Å²) in [6.45, 7) is 6.90. The SMILES string of the molecule is COc1ccc(CCC(C)Cc2ccc(CC(C)C)cc2)cc1. The highest BCUT2D eigenvalue weighted by atomic mass is 16.5. The fraction of sp³-hybridized carbons (Fsp3) is 0.455. The predicted molar refractivity (Wildman–Crippen MR) is 99.2 cm³/mol. The van der Waals surface area contributed by atoms with E-state index in [-0.39, 0.29) is 0 Å². The number of methoxy groups -OCH3 is 1. The zero-order chi connectivity index (χ0) is 16.7. The molecule has 0 bridgehead atoms. The van der Waals surface area contributed by atoms with E-state index in [4.69, 9.17) is 4.74 Å². The Kier molecular flexibility index (Phi) is 6.70. The van der Waals surface area contributed by atoms with Gasteiger partial charge in [-0.1, -0.05) is 57.2 Å². The van der Waals surface area contributed by atoms with Gasteiger partial charge in [0.15, 0.2) is 0 Å². The Labute approximate surface area is 141 Å². The van der Waals surface area contributed by atoms with E-state index in [1.807, 2.05) is 12.1 Å². The Bertz CT molecular complexity index is 566. The summed E-state index contributed by atoms with van der Waals surface area (Å²) in [5.41, 5.74) is 4.30. The van der Waals surface area contributed by atoms with Gasteiger partial charge in [-0.05, 0) is 66.3 Å². The molecule has 0 saturated carbocycles. The monoisotopic (exact) mass is 310 g/mol. The molecule has 0 aliphatic heterocycles. The van der Waals surface area contributed by atoms with Gasteiger partial charge in [-0.3, -0.25) is 0 Å². The lowest BCUT2D eigenvalue weighted by Gasteiger charge is -2.13. The molecule has 0 aliphatic rings. The standard InChI is InChI=1S/C22H30O/c1-17(2)15-20-7-9-21(10-8-20)16-18(3)5-6-19-11-13-22(23-4)14-12-19/h7-14,17-18H,5-6,15-16H2,1-4H3. The topological polar surface area (TPSA) is 9.23 Å². The molecular weight excluding hydrogens is 280 g/mol. The smallest absolute Gasteiger partial charge is 0.118 e. The summed E-state index contributed by atoms with van der Waals surface area (Å²) in [6, 6.07) is 17.7. The van der Waals surface area contributed by atoms with E-state index in [9.17, 15) is 0 Å². The lowest BCUT2D eigenvalue weighted by Crippen LogP contribution is -2.02. The van der Waals surface area contributed by atoms with Gasteiger partial charge in [0.1, 0.15) is 5.75 Å². The van der Waals surface area contributed by atoms with Gasteiger partial charge in [0.05, 0.1) is 7.11 Å². The second-order valence-electron chi connectivity index (χ2n) is 7.11. The molecule has 1 heteroatoms. The number of hydrogen-bond donors (Lipinski definition) is 0. The summed E-state index contributed by atoms with van der Waals surface area (Å²) < 4.78 is 5.21. The summed E-state index contributed by atoms with van der Waals surface area (Å²) >= 11 is 0. The second kappa shape index (κ2) is 8.76. The minimum absolute atomic E-state index is 0.702. The van der Waals surface area contributed by atoms with Crippen LogP contribution in [0.5, 0.6) is 5.75 Å². The molecule has 1 nitrogen and oxygen atoms in total. The van der Waals surface area contributed by atoms with Crippen molar-refractivity contribution in [2.24, 2.45) is 11.8 Å². The van der Waals surface area contributed by atoms with Crippen LogP contribution in [0.2, 0.25) is 0 Å². The second-order valence-corrected chi connectivity index (χ2v) is 7.11. The fourth-order valence-corrected chi connectivity index (χ4v) is 2.99. The van der Waals surface area contributed by atoms with Crippen LogP contribution in [0.4, 0.5) is 0 Å². The van der Waals surface area contributed by atoms with Crippen molar-refractivity contribution in [1.82, 2.24) is 0 Å². The molecule has 0 heterocycles. The molecule has 124 valence electrons. The zero-order valence-corrected chi connectivity index (χ0v) is 15.0. The van der Waals surface area contributed by atoms with E-state index < -0.39 is 0 Å². The average Bonchev–Trinajstić information content (AvgIpc) is 2.55. The molecule has 2 aromatic rings. The maximum Gasteiger partial charge on any atom is 0.118 e. The van der Waals surface area contributed by atoms with Gasteiger partial charge >= 0.3 is 0 Å². The highest BCUT2D eigenvalue weighted by Gasteiger charge is 2.06. The van der Waals surface area contributed by atoms with Crippen LogP contribution in [0.15, 0.2) is 48.5 Å². The van der Waals surface area contributed by atoms with Gasteiger partial charge in [-0.15, -0.1) is 0 Å². The molecule has 0 amide bonds. The molecule has 0 saturated heterocycles. The number of hydrogen-bond acceptors (Lipinski definition) is 1. The van der Waals surface area contributed by atoms with E-state index in [1.165, 1.54) is 29.5 Å². The Morgan fingerprint density at radius 2 is 1.26 bits per heavy atom. The molecule has 0 aliphatic carbocycles. The van der Waals surface area contributed by atoms with Crippen molar-refractivity contribution in [3.05, 3.63) is 65.2 Å². The minimum atomic E-state index is 0.702. The van der Waals surface area contributed by atoms with Crippen LogP contribution in [0.1, 0.15) is 43.9 Å². The third kappa shape index (κ3) is 6.09. The third-order valence-corrected chi connectivity index (χ3v) is 4.34. The lowest BCUT2D eigenvalue weighted by molar-refractivity contribution is 0.414. The lowest BCUT2D eigenvalue weighted by atomic mass is 9.93.